The van der Waals surface area contributed by atoms with Crippen molar-refractivity contribution in [3.63, 3.8) is 0 Å². The molecule has 21 heavy (non-hydrogen) atoms. The van der Waals surface area contributed by atoms with Crippen LogP contribution in [0, 0.1) is 6.92 Å². The normalized spacial score (nSPS) is 13.2. The number of benzene rings is 1. The zero-order valence-corrected chi connectivity index (χ0v) is 12.6. The van der Waals surface area contributed by atoms with Crippen LogP contribution in [0.15, 0.2) is 23.6 Å². The Morgan fingerprint density at radius 1 is 1.52 bits per heavy atom. The highest BCUT2D eigenvalue weighted by atomic mass is 32.1. The van der Waals surface area contributed by atoms with Crippen molar-refractivity contribution in [2.75, 3.05) is 23.8 Å². The summed E-state index contributed by atoms with van der Waals surface area (Å²) in [4.78, 5) is 16.1. The summed E-state index contributed by atoms with van der Waals surface area (Å²) in [6.07, 6.45) is 2.17. The number of anilines is 2. The quantitative estimate of drug-likeness (QED) is 0.911. The van der Waals surface area contributed by atoms with E-state index >= 15 is 0 Å². The SMILES string of the molecule is Cc1csc(NC(=O)COc2cccc3c2NCCC3)n1. The number of aryl methyl sites for hydroxylation is 2. The number of para-hydroxylation sites is 1. The predicted molar refractivity (Wildman–Crippen MR) is 84.2 cm³/mol. The lowest BCUT2D eigenvalue weighted by atomic mass is 10.0. The second kappa shape index (κ2) is 6.13. The molecule has 2 aromatic rings. The molecule has 0 fully saturated rings. The monoisotopic (exact) mass is 303 g/mol. The van der Waals surface area contributed by atoms with Crippen LogP contribution < -0.4 is 15.4 Å². The van der Waals surface area contributed by atoms with Crippen LogP contribution in [0.25, 0.3) is 0 Å². The van der Waals surface area contributed by atoms with E-state index in [1.807, 2.05) is 24.4 Å². The molecular formula is C15H17N3O2S. The highest BCUT2D eigenvalue weighted by Gasteiger charge is 2.14. The Kier molecular flexibility index (Phi) is 4.06. The molecule has 0 spiro atoms. The first-order valence-corrected chi connectivity index (χ1v) is 7.81. The number of nitrogens with zero attached hydrogens (tertiary/aromatic N) is 1. The molecule has 1 aliphatic rings. The van der Waals surface area contributed by atoms with E-state index in [-0.39, 0.29) is 12.5 Å². The topological polar surface area (TPSA) is 63.2 Å². The molecule has 0 saturated heterocycles. The average molecular weight is 303 g/mol. The van der Waals surface area contributed by atoms with E-state index < -0.39 is 0 Å². The van der Waals surface area contributed by atoms with Crippen LogP contribution in [0.2, 0.25) is 0 Å². The third-order valence-corrected chi connectivity index (χ3v) is 4.14. The summed E-state index contributed by atoms with van der Waals surface area (Å²) in [5.41, 5.74) is 3.16. The Balaban J connectivity index is 1.61. The van der Waals surface area contributed by atoms with Crippen molar-refractivity contribution < 1.29 is 9.53 Å². The lowest BCUT2D eigenvalue weighted by Gasteiger charge is -2.20. The average Bonchev–Trinajstić information content (AvgIpc) is 2.90. The first-order valence-electron chi connectivity index (χ1n) is 6.93. The molecule has 110 valence electrons. The van der Waals surface area contributed by atoms with Crippen molar-refractivity contribution in [1.82, 2.24) is 4.98 Å². The van der Waals surface area contributed by atoms with Gasteiger partial charge in [0.1, 0.15) is 5.75 Å². The van der Waals surface area contributed by atoms with Gasteiger partial charge >= 0.3 is 0 Å². The molecule has 0 unspecified atom stereocenters. The predicted octanol–water partition coefficient (Wildman–Crippen LogP) is 2.83. The number of thiazole rings is 1. The number of hydrogen-bond donors (Lipinski definition) is 2. The molecule has 5 nitrogen and oxygen atoms in total. The highest BCUT2D eigenvalue weighted by Crippen LogP contribution is 2.31. The highest BCUT2D eigenvalue weighted by molar-refractivity contribution is 7.13. The van der Waals surface area contributed by atoms with Crippen LogP contribution in [0.4, 0.5) is 10.8 Å². The van der Waals surface area contributed by atoms with Crippen molar-refractivity contribution in [3.8, 4) is 5.75 Å². The maximum Gasteiger partial charge on any atom is 0.264 e. The molecule has 1 aromatic heterocycles. The minimum atomic E-state index is -0.197. The zero-order chi connectivity index (χ0) is 14.7. The van der Waals surface area contributed by atoms with Crippen LogP contribution in [-0.2, 0) is 11.2 Å². The van der Waals surface area contributed by atoms with Gasteiger partial charge in [0.25, 0.3) is 5.91 Å². The minimum Gasteiger partial charge on any atom is -0.482 e. The molecule has 0 radical (unpaired) electrons. The number of rotatable bonds is 4. The smallest absolute Gasteiger partial charge is 0.264 e. The summed E-state index contributed by atoms with van der Waals surface area (Å²) < 4.78 is 5.65. The van der Waals surface area contributed by atoms with E-state index in [0.717, 1.165) is 36.5 Å². The van der Waals surface area contributed by atoms with Crippen LogP contribution in [-0.4, -0.2) is 24.0 Å². The van der Waals surface area contributed by atoms with Gasteiger partial charge in [-0.3, -0.25) is 10.1 Å². The molecule has 1 aromatic carbocycles. The standard InChI is InChI=1S/C15H17N3O2S/c1-10-9-21-15(17-10)18-13(19)8-20-12-6-2-4-11-5-3-7-16-14(11)12/h2,4,6,9,16H,3,5,7-8H2,1H3,(H,17,18,19). The molecule has 2 heterocycles. The first-order chi connectivity index (χ1) is 10.2. The van der Waals surface area contributed by atoms with Crippen LogP contribution >= 0.6 is 11.3 Å². The molecule has 2 N–H and O–H groups in total. The summed E-state index contributed by atoms with van der Waals surface area (Å²) in [6.45, 7) is 2.82. The molecule has 0 aliphatic carbocycles. The van der Waals surface area contributed by atoms with Gasteiger partial charge in [0.2, 0.25) is 0 Å². The van der Waals surface area contributed by atoms with Gasteiger partial charge in [0.15, 0.2) is 11.7 Å². The van der Waals surface area contributed by atoms with Crippen LogP contribution in [0.3, 0.4) is 0 Å². The van der Waals surface area contributed by atoms with Gasteiger partial charge in [-0.25, -0.2) is 4.98 Å². The lowest BCUT2D eigenvalue weighted by Crippen LogP contribution is -2.21. The van der Waals surface area contributed by atoms with Crippen molar-refractivity contribution in [1.29, 1.82) is 0 Å². The van der Waals surface area contributed by atoms with E-state index in [9.17, 15) is 4.79 Å². The number of carbonyl (C=O) groups excluding carboxylic acids is 1. The summed E-state index contributed by atoms with van der Waals surface area (Å²) in [5.74, 6) is 0.537. The number of fused-ring (bicyclic) bond motifs is 1. The molecule has 3 rings (SSSR count). The number of carbonyl (C=O) groups is 1. The van der Waals surface area contributed by atoms with Gasteiger partial charge in [-0.1, -0.05) is 12.1 Å². The maximum absolute atomic E-state index is 11.9. The second-order valence-electron chi connectivity index (χ2n) is 4.95. The van der Waals surface area contributed by atoms with Gasteiger partial charge in [0.05, 0.1) is 11.4 Å². The summed E-state index contributed by atoms with van der Waals surface area (Å²) in [6, 6.07) is 5.94. The number of aromatic nitrogens is 1. The molecule has 0 saturated carbocycles. The number of amides is 1. The first kappa shape index (κ1) is 13.9. The van der Waals surface area contributed by atoms with Crippen molar-refractivity contribution in [3.05, 3.63) is 34.8 Å². The van der Waals surface area contributed by atoms with Gasteiger partial charge in [-0.2, -0.15) is 0 Å². The van der Waals surface area contributed by atoms with Gasteiger partial charge in [0, 0.05) is 11.9 Å². The Hall–Kier alpha value is -2.08. The van der Waals surface area contributed by atoms with E-state index in [0.29, 0.717) is 5.13 Å². The Morgan fingerprint density at radius 3 is 3.24 bits per heavy atom. The van der Waals surface area contributed by atoms with Crippen LogP contribution in [0.1, 0.15) is 17.7 Å². The molecular weight excluding hydrogens is 286 g/mol. The Morgan fingerprint density at radius 2 is 2.43 bits per heavy atom. The maximum atomic E-state index is 11.9. The zero-order valence-electron chi connectivity index (χ0n) is 11.8. The third-order valence-electron chi connectivity index (χ3n) is 3.26. The van der Waals surface area contributed by atoms with Gasteiger partial charge < -0.3 is 10.1 Å². The second-order valence-corrected chi connectivity index (χ2v) is 5.81. The van der Waals surface area contributed by atoms with Gasteiger partial charge in [-0.15, -0.1) is 11.3 Å². The third kappa shape index (κ3) is 3.33. The van der Waals surface area contributed by atoms with E-state index in [1.54, 1.807) is 0 Å². The van der Waals surface area contributed by atoms with Crippen molar-refractivity contribution >= 4 is 28.1 Å². The number of ether oxygens (including phenoxy) is 1. The Bertz CT molecular complexity index is 654. The molecule has 0 bridgehead atoms. The van der Waals surface area contributed by atoms with Crippen LogP contribution in [0.5, 0.6) is 5.75 Å². The van der Waals surface area contributed by atoms with Crippen molar-refractivity contribution in [2.45, 2.75) is 19.8 Å². The van der Waals surface area contributed by atoms with E-state index in [4.69, 9.17) is 4.74 Å². The van der Waals surface area contributed by atoms with E-state index in [2.05, 4.69) is 21.7 Å². The fourth-order valence-electron chi connectivity index (χ4n) is 2.31. The van der Waals surface area contributed by atoms with E-state index in [1.165, 1.54) is 16.9 Å². The largest absolute Gasteiger partial charge is 0.482 e. The van der Waals surface area contributed by atoms with Crippen molar-refractivity contribution in [2.24, 2.45) is 0 Å². The number of hydrogen-bond acceptors (Lipinski definition) is 5. The fraction of sp³-hybridized carbons (Fsp3) is 0.333. The van der Waals surface area contributed by atoms with Gasteiger partial charge in [-0.05, 0) is 31.4 Å². The molecule has 6 heteroatoms. The number of nitrogens with one attached hydrogen (secondary N) is 2. The Labute approximate surface area is 127 Å². The lowest BCUT2D eigenvalue weighted by molar-refractivity contribution is -0.118. The minimum absolute atomic E-state index is 0.0171. The fourth-order valence-corrected chi connectivity index (χ4v) is 3.01. The summed E-state index contributed by atoms with van der Waals surface area (Å²) in [5, 5.41) is 8.58. The summed E-state index contributed by atoms with van der Waals surface area (Å²) >= 11 is 1.41. The molecule has 1 amide bonds. The molecule has 1 aliphatic heterocycles. The molecule has 0 atom stereocenters. The summed E-state index contributed by atoms with van der Waals surface area (Å²) in [7, 11) is 0.